The van der Waals surface area contributed by atoms with Crippen LogP contribution in [0.2, 0.25) is 5.02 Å². The van der Waals surface area contributed by atoms with Gasteiger partial charge in [0.1, 0.15) is 0 Å². The van der Waals surface area contributed by atoms with Crippen LogP contribution >= 0.6 is 11.6 Å². The van der Waals surface area contributed by atoms with E-state index >= 15 is 0 Å². The van der Waals surface area contributed by atoms with Crippen molar-refractivity contribution in [3.05, 3.63) is 34.9 Å². The van der Waals surface area contributed by atoms with Crippen LogP contribution in [0.4, 0.5) is 0 Å². The average molecular weight is 407 g/mol. The first-order valence-corrected chi connectivity index (χ1v) is 10.7. The van der Waals surface area contributed by atoms with Gasteiger partial charge in [-0.3, -0.25) is 14.5 Å². The Bertz CT molecular complexity index is 661. The monoisotopic (exact) mass is 406 g/mol. The van der Waals surface area contributed by atoms with Gasteiger partial charge in [0.15, 0.2) is 0 Å². The van der Waals surface area contributed by atoms with E-state index in [4.69, 9.17) is 11.6 Å². The molecule has 2 fully saturated rings. The molecule has 1 N–H and O–H groups in total. The summed E-state index contributed by atoms with van der Waals surface area (Å²) < 4.78 is 0. The molecule has 0 aliphatic carbocycles. The fourth-order valence-corrected chi connectivity index (χ4v) is 4.25. The van der Waals surface area contributed by atoms with Crippen LogP contribution in [0.15, 0.2) is 24.3 Å². The Morgan fingerprint density at radius 3 is 2.57 bits per heavy atom. The van der Waals surface area contributed by atoms with Gasteiger partial charge in [0.2, 0.25) is 5.91 Å². The molecule has 0 spiro atoms. The fraction of sp³-hybridized carbons (Fsp3) is 0.619. The van der Waals surface area contributed by atoms with Crippen LogP contribution < -0.4 is 5.32 Å². The van der Waals surface area contributed by atoms with Gasteiger partial charge in [0.25, 0.3) is 5.91 Å². The van der Waals surface area contributed by atoms with E-state index in [1.807, 2.05) is 9.80 Å². The molecule has 1 aromatic rings. The number of nitrogens with one attached hydrogen (secondary N) is 1. The minimum Gasteiger partial charge on any atom is -0.340 e. The van der Waals surface area contributed by atoms with E-state index in [0.29, 0.717) is 36.1 Å². The average Bonchev–Trinajstić information content (AvgIpc) is 3.18. The number of nitrogens with zero attached hydrogens (tertiary/aromatic N) is 3. The van der Waals surface area contributed by atoms with Crippen LogP contribution in [0, 0.1) is 0 Å². The summed E-state index contributed by atoms with van der Waals surface area (Å²) in [6, 6.07) is 7.39. The van der Waals surface area contributed by atoms with Crippen LogP contribution in [0.25, 0.3) is 0 Å². The maximum Gasteiger partial charge on any atom is 0.253 e. The first-order chi connectivity index (χ1) is 13.6. The van der Waals surface area contributed by atoms with E-state index in [1.54, 1.807) is 24.3 Å². The van der Waals surface area contributed by atoms with Crippen molar-refractivity contribution in [1.29, 1.82) is 0 Å². The number of amides is 2. The summed E-state index contributed by atoms with van der Waals surface area (Å²) in [6.45, 7) is 8.54. The second-order valence-electron chi connectivity index (χ2n) is 7.56. The van der Waals surface area contributed by atoms with E-state index in [9.17, 15) is 9.59 Å². The highest BCUT2D eigenvalue weighted by atomic mass is 35.5. The number of hydrogen-bond donors (Lipinski definition) is 1. The molecule has 28 heavy (non-hydrogen) atoms. The SMILES string of the molecule is CCN1CCC[C@@H]1CN(CCC(=O)N1CCNCC1)C(=O)c1ccc(Cl)cc1. The van der Waals surface area contributed by atoms with E-state index in [0.717, 1.165) is 45.7 Å². The second kappa shape index (κ2) is 10.2. The predicted octanol–water partition coefficient (Wildman–Crippen LogP) is 2.09. The molecular weight excluding hydrogens is 376 g/mol. The molecule has 0 aromatic heterocycles. The lowest BCUT2D eigenvalue weighted by atomic mass is 10.1. The standard InChI is InChI=1S/C21H31ClN4O2/c1-2-24-12-3-4-19(24)16-26(21(28)17-5-7-18(22)8-6-17)13-9-20(27)25-14-10-23-11-15-25/h5-8,19,23H,2-4,9-16H2,1H3/t19-/m1/s1. The number of likely N-dealkylation sites (N-methyl/N-ethyl adjacent to an activating group) is 1. The molecule has 2 saturated heterocycles. The van der Waals surface area contributed by atoms with Crippen LogP contribution in [0.3, 0.4) is 0 Å². The normalized spacial score (nSPS) is 20.4. The summed E-state index contributed by atoms with van der Waals surface area (Å²) >= 11 is 5.97. The van der Waals surface area contributed by atoms with Crippen LogP contribution in [-0.2, 0) is 4.79 Å². The molecule has 0 bridgehead atoms. The maximum atomic E-state index is 13.2. The third kappa shape index (κ3) is 5.46. The highest BCUT2D eigenvalue weighted by Crippen LogP contribution is 2.20. The number of carbonyl (C=O) groups is 2. The first-order valence-electron chi connectivity index (χ1n) is 10.4. The molecule has 2 amide bonds. The van der Waals surface area contributed by atoms with Gasteiger partial charge >= 0.3 is 0 Å². The summed E-state index contributed by atoms with van der Waals surface area (Å²) in [4.78, 5) is 31.9. The number of carbonyl (C=O) groups excluding carboxylic acids is 2. The second-order valence-corrected chi connectivity index (χ2v) is 8.00. The van der Waals surface area contributed by atoms with Crippen molar-refractivity contribution in [3.8, 4) is 0 Å². The minimum atomic E-state index is -0.0206. The number of piperazine rings is 1. The summed E-state index contributed by atoms with van der Waals surface area (Å²) in [7, 11) is 0. The van der Waals surface area contributed by atoms with E-state index in [2.05, 4.69) is 17.1 Å². The predicted molar refractivity (Wildman–Crippen MR) is 112 cm³/mol. The molecule has 7 heteroatoms. The molecular formula is C21H31ClN4O2. The van der Waals surface area contributed by atoms with Gasteiger partial charge in [-0.1, -0.05) is 18.5 Å². The molecule has 2 heterocycles. The number of halogens is 1. The molecule has 1 aromatic carbocycles. The molecule has 0 saturated carbocycles. The number of likely N-dealkylation sites (tertiary alicyclic amines) is 1. The number of rotatable bonds is 7. The van der Waals surface area contributed by atoms with E-state index in [-0.39, 0.29) is 11.8 Å². The van der Waals surface area contributed by atoms with Gasteiger partial charge in [-0.15, -0.1) is 0 Å². The van der Waals surface area contributed by atoms with Crippen LogP contribution in [0.1, 0.15) is 36.5 Å². The summed E-state index contributed by atoms with van der Waals surface area (Å²) in [5.41, 5.74) is 0.625. The lowest BCUT2D eigenvalue weighted by Gasteiger charge is -2.32. The quantitative estimate of drug-likeness (QED) is 0.753. The minimum absolute atomic E-state index is 0.0206. The summed E-state index contributed by atoms with van der Waals surface area (Å²) in [5.74, 6) is 0.113. The van der Waals surface area contributed by atoms with Gasteiger partial charge in [0, 0.05) is 62.3 Å². The molecule has 2 aliphatic heterocycles. The Hall–Kier alpha value is -1.63. The third-order valence-electron chi connectivity index (χ3n) is 5.78. The van der Waals surface area contributed by atoms with Crippen LogP contribution in [-0.4, -0.2) is 84.9 Å². The lowest BCUT2D eigenvalue weighted by Crippen LogP contribution is -2.48. The molecule has 6 nitrogen and oxygen atoms in total. The molecule has 0 radical (unpaired) electrons. The topological polar surface area (TPSA) is 55.9 Å². The molecule has 3 rings (SSSR count). The highest BCUT2D eigenvalue weighted by molar-refractivity contribution is 6.30. The molecule has 0 unspecified atom stereocenters. The van der Waals surface area contributed by atoms with E-state index < -0.39 is 0 Å². The molecule has 2 aliphatic rings. The maximum absolute atomic E-state index is 13.2. The first kappa shape index (κ1) is 21.1. The number of hydrogen-bond acceptors (Lipinski definition) is 4. The van der Waals surface area contributed by atoms with Gasteiger partial charge in [-0.2, -0.15) is 0 Å². The molecule has 1 atom stereocenters. The van der Waals surface area contributed by atoms with E-state index in [1.165, 1.54) is 6.42 Å². The van der Waals surface area contributed by atoms with Gasteiger partial charge in [-0.25, -0.2) is 0 Å². The lowest BCUT2D eigenvalue weighted by molar-refractivity contribution is -0.132. The highest BCUT2D eigenvalue weighted by Gasteiger charge is 2.28. The van der Waals surface area contributed by atoms with Gasteiger partial charge in [0.05, 0.1) is 0 Å². The Kier molecular flexibility index (Phi) is 7.71. The van der Waals surface area contributed by atoms with Crippen molar-refractivity contribution in [2.75, 3.05) is 52.4 Å². The van der Waals surface area contributed by atoms with Crippen molar-refractivity contribution in [1.82, 2.24) is 20.0 Å². The zero-order chi connectivity index (χ0) is 19.9. The van der Waals surface area contributed by atoms with Gasteiger partial charge < -0.3 is 15.1 Å². The number of benzene rings is 1. The van der Waals surface area contributed by atoms with Crippen molar-refractivity contribution in [2.24, 2.45) is 0 Å². The van der Waals surface area contributed by atoms with Crippen molar-refractivity contribution in [2.45, 2.75) is 32.2 Å². The Labute approximate surface area is 172 Å². The summed E-state index contributed by atoms with van der Waals surface area (Å²) in [5, 5.41) is 3.88. The van der Waals surface area contributed by atoms with Crippen molar-refractivity contribution in [3.63, 3.8) is 0 Å². The third-order valence-corrected chi connectivity index (χ3v) is 6.03. The largest absolute Gasteiger partial charge is 0.340 e. The summed E-state index contributed by atoms with van der Waals surface area (Å²) in [6.07, 6.45) is 2.64. The smallest absolute Gasteiger partial charge is 0.253 e. The molecule has 154 valence electrons. The Morgan fingerprint density at radius 1 is 1.18 bits per heavy atom. The fourth-order valence-electron chi connectivity index (χ4n) is 4.13. The van der Waals surface area contributed by atoms with Gasteiger partial charge in [-0.05, 0) is 50.2 Å². The van der Waals surface area contributed by atoms with Crippen molar-refractivity contribution < 1.29 is 9.59 Å². The van der Waals surface area contributed by atoms with Crippen molar-refractivity contribution >= 4 is 23.4 Å². The Morgan fingerprint density at radius 2 is 1.89 bits per heavy atom. The zero-order valence-corrected chi connectivity index (χ0v) is 17.5. The van der Waals surface area contributed by atoms with Crippen LogP contribution in [0.5, 0.6) is 0 Å². The Balaban J connectivity index is 1.67. The zero-order valence-electron chi connectivity index (χ0n) is 16.7.